The molecule has 0 aliphatic carbocycles. The van der Waals surface area contributed by atoms with Crippen molar-refractivity contribution >= 4 is 0 Å². The number of fused-ring (bicyclic) bond motifs is 1. The number of nitrogens with zero attached hydrogens (tertiary/aromatic N) is 1. The molecule has 16 heavy (non-hydrogen) atoms. The number of aliphatic hydroxyl groups excluding tert-OH is 1. The lowest BCUT2D eigenvalue weighted by atomic mass is 9.81. The molecule has 2 heterocycles. The molecule has 2 unspecified atom stereocenters. The van der Waals surface area contributed by atoms with Crippen LogP contribution in [0.4, 0.5) is 0 Å². The fourth-order valence-electron chi connectivity index (χ4n) is 3.83. The largest absolute Gasteiger partial charge is 1.00 e. The second kappa shape index (κ2) is 6.18. The van der Waals surface area contributed by atoms with Crippen molar-refractivity contribution < 1.29 is 26.6 Å². The molecular formula is C13H24BrNO. The molecule has 0 aromatic rings. The Balaban J connectivity index is 0.00000128. The lowest BCUT2D eigenvalue weighted by Crippen LogP contribution is -3.00. The van der Waals surface area contributed by atoms with E-state index in [0.29, 0.717) is 12.5 Å². The van der Waals surface area contributed by atoms with Gasteiger partial charge in [-0.15, -0.1) is 0 Å². The highest BCUT2D eigenvalue weighted by Gasteiger charge is 2.45. The van der Waals surface area contributed by atoms with Crippen LogP contribution in [0.25, 0.3) is 0 Å². The van der Waals surface area contributed by atoms with Gasteiger partial charge in [0.15, 0.2) is 0 Å². The van der Waals surface area contributed by atoms with Crippen molar-refractivity contribution in [2.45, 2.75) is 38.1 Å². The smallest absolute Gasteiger partial charge is 0.0973 e. The molecule has 0 bridgehead atoms. The van der Waals surface area contributed by atoms with Gasteiger partial charge < -0.3 is 26.6 Å². The molecule has 1 N–H and O–H groups in total. The molecule has 2 saturated heterocycles. The van der Waals surface area contributed by atoms with E-state index in [1.165, 1.54) is 49.7 Å². The predicted octanol–water partition coefficient (Wildman–Crippen LogP) is -1.05. The minimum Gasteiger partial charge on any atom is -1.00 e. The van der Waals surface area contributed by atoms with Crippen molar-refractivity contribution in [1.29, 1.82) is 0 Å². The molecule has 3 atom stereocenters. The van der Waals surface area contributed by atoms with Crippen LogP contribution in [0.5, 0.6) is 0 Å². The molecule has 94 valence electrons. The van der Waals surface area contributed by atoms with Crippen molar-refractivity contribution in [2.24, 2.45) is 5.92 Å². The van der Waals surface area contributed by atoms with Gasteiger partial charge in [-0.3, -0.25) is 0 Å². The normalized spacial score (nSPS) is 38.3. The average molecular weight is 290 g/mol. The Bertz CT molecular complexity index is 230. The molecule has 0 aromatic carbocycles. The number of halogens is 1. The number of rotatable bonds is 3. The molecule has 0 saturated carbocycles. The van der Waals surface area contributed by atoms with E-state index in [-0.39, 0.29) is 17.0 Å². The third kappa shape index (κ3) is 2.52. The van der Waals surface area contributed by atoms with Crippen LogP contribution >= 0.6 is 0 Å². The molecule has 0 radical (unpaired) electrons. The molecule has 0 aromatic heterocycles. The van der Waals surface area contributed by atoms with Gasteiger partial charge in [-0.05, 0) is 31.8 Å². The van der Waals surface area contributed by atoms with Gasteiger partial charge in [0.1, 0.15) is 0 Å². The first-order valence-electron chi connectivity index (χ1n) is 6.40. The van der Waals surface area contributed by atoms with Gasteiger partial charge in [0.05, 0.1) is 32.3 Å². The first-order chi connectivity index (χ1) is 7.32. The van der Waals surface area contributed by atoms with Crippen molar-refractivity contribution in [3.05, 3.63) is 12.7 Å². The summed E-state index contributed by atoms with van der Waals surface area (Å²) in [6.07, 6.45) is 8.64. The number of aliphatic hydroxyl groups is 1. The zero-order valence-electron chi connectivity index (χ0n) is 10.1. The highest BCUT2D eigenvalue weighted by atomic mass is 79.9. The molecular weight excluding hydrogens is 266 g/mol. The maximum Gasteiger partial charge on any atom is 0.0973 e. The van der Waals surface area contributed by atoms with Gasteiger partial charge >= 0.3 is 0 Å². The maximum absolute atomic E-state index is 9.48. The molecule has 3 heteroatoms. The summed E-state index contributed by atoms with van der Waals surface area (Å²) in [6, 6.07) is 0.718. The molecule has 0 spiro atoms. The zero-order chi connectivity index (χ0) is 10.7. The summed E-state index contributed by atoms with van der Waals surface area (Å²) in [5, 5.41) is 9.48. The lowest BCUT2D eigenvalue weighted by molar-refractivity contribution is -0.959. The van der Waals surface area contributed by atoms with Crippen molar-refractivity contribution in [3.63, 3.8) is 0 Å². The van der Waals surface area contributed by atoms with Gasteiger partial charge in [0, 0.05) is 12.3 Å². The topological polar surface area (TPSA) is 20.2 Å². The van der Waals surface area contributed by atoms with Gasteiger partial charge in [-0.2, -0.15) is 0 Å². The first kappa shape index (κ1) is 14.2. The number of hydrogen-bond donors (Lipinski definition) is 1. The Morgan fingerprint density at radius 1 is 1.19 bits per heavy atom. The Labute approximate surface area is 110 Å². The molecule has 0 amide bonds. The van der Waals surface area contributed by atoms with Crippen LogP contribution in [0.2, 0.25) is 0 Å². The van der Waals surface area contributed by atoms with Crippen LogP contribution in [0.1, 0.15) is 32.1 Å². The van der Waals surface area contributed by atoms with Crippen molar-refractivity contribution in [1.82, 2.24) is 0 Å². The van der Waals surface area contributed by atoms with Crippen LogP contribution in [0.3, 0.4) is 0 Å². The van der Waals surface area contributed by atoms with E-state index >= 15 is 0 Å². The van der Waals surface area contributed by atoms with Gasteiger partial charge in [0.25, 0.3) is 0 Å². The Kier molecular flexibility index (Phi) is 5.48. The van der Waals surface area contributed by atoms with Gasteiger partial charge in [-0.1, -0.05) is 6.58 Å². The number of piperidine rings is 2. The van der Waals surface area contributed by atoms with E-state index in [9.17, 15) is 5.11 Å². The molecule has 2 rings (SSSR count). The summed E-state index contributed by atoms with van der Waals surface area (Å²) in [4.78, 5) is 0. The Hall–Kier alpha value is 0.140. The minimum absolute atomic E-state index is 0. The third-order valence-corrected chi connectivity index (χ3v) is 4.51. The predicted molar refractivity (Wildman–Crippen MR) is 62.5 cm³/mol. The summed E-state index contributed by atoms with van der Waals surface area (Å²) in [6.45, 7) is 8.04. The third-order valence-electron chi connectivity index (χ3n) is 4.51. The van der Waals surface area contributed by atoms with E-state index in [1.807, 2.05) is 0 Å². The van der Waals surface area contributed by atoms with E-state index in [4.69, 9.17) is 0 Å². The standard InChI is InChI=1S/C13H24NO.BrH/c1-2-8-14-9-4-3-7-13(14)12(11-15)6-5-10-14;/h2,12-13,15H,1,3-11H2;1H/q+1;/p-1/t12-,13?,14?;/m0./s1. The zero-order valence-corrected chi connectivity index (χ0v) is 11.7. The first-order valence-corrected chi connectivity index (χ1v) is 6.40. The molecule has 2 aliphatic rings. The quantitative estimate of drug-likeness (QED) is 0.519. The molecule has 2 aliphatic heterocycles. The van der Waals surface area contributed by atoms with Crippen molar-refractivity contribution in [2.75, 3.05) is 26.2 Å². The fraction of sp³-hybridized carbons (Fsp3) is 0.846. The highest BCUT2D eigenvalue weighted by Crippen LogP contribution is 2.37. The van der Waals surface area contributed by atoms with Gasteiger partial charge in [0.2, 0.25) is 0 Å². The van der Waals surface area contributed by atoms with E-state index in [2.05, 4.69) is 12.7 Å². The van der Waals surface area contributed by atoms with Crippen LogP contribution in [0.15, 0.2) is 12.7 Å². The maximum atomic E-state index is 9.48. The minimum atomic E-state index is 0. The molecule has 2 fully saturated rings. The number of quaternary nitrogens is 1. The monoisotopic (exact) mass is 289 g/mol. The average Bonchev–Trinajstić information content (AvgIpc) is 2.28. The Morgan fingerprint density at radius 2 is 1.94 bits per heavy atom. The summed E-state index contributed by atoms with van der Waals surface area (Å²) in [5.74, 6) is 0.555. The van der Waals surface area contributed by atoms with Crippen LogP contribution in [-0.2, 0) is 0 Å². The van der Waals surface area contributed by atoms with E-state index in [0.717, 1.165) is 12.6 Å². The van der Waals surface area contributed by atoms with Crippen LogP contribution < -0.4 is 17.0 Å². The summed E-state index contributed by atoms with van der Waals surface area (Å²) in [5.41, 5.74) is 0. The van der Waals surface area contributed by atoms with E-state index < -0.39 is 0 Å². The summed E-state index contributed by atoms with van der Waals surface area (Å²) in [7, 11) is 0. The summed E-state index contributed by atoms with van der Waals surface area (Å²) < 4.78 is 1.23. The summed E-state index contributed by atoms with van der Waals surface area (Å²) >= 11 is 0. The van der Waals surface area contributed by atoms with Gasteiger partial charge in [-0.25, -0.2) is 0 Å². The second-order valence-electron chi connectivity index (χ2n) is 5.29. The fourth-order valence-corrected chi connectivity index (χ4v) is 3.83. The Morgan fingerprint density at radius 3 is 2.62 bits per heavy atom. The number of hydrogen-bond acceptors (Lipinski definition) is 1. The molecule has 2 nitrogen and oxygen atoms in total. The lowest BCUT2D eigenvalue weighted by Gasteiger charge is -2.53. The SMILES string of the molecule is C=CC[N+]12CCCCC1[C@H](CO)CCC2.[Br-]. The highest BCUT2D eigenvalue weighted by molar-refractivity contribution is 4.81. The van der Waals surface area contributed by atoms with Crippen molar-refractivity contribution in [3.8, 4) is 0 Å². The van der Waals surface area contributed by atoms with Crippen LogP contribution in [0, 0.1) is 5.92 Å². The second-order valence-corrected chi connectivity index (χ2v) is 5.29. The van der Waals surface area contributed by atoms with E-state index in [1.54, 1.807) is 0 Å². The van der Waals surface area contributed by atoms with Crippen LogP contribution in [-0.4, -0.2) is 41.9 Å².